The van der Waals surface area contributed by atoms with Crippen molar-refractivity contribution in [1.29, 1.82) is 0 Å². The van der Waals surface area contributed by atoms with Crippen LogP contribution in [0.2, 0.25) is 0 Å². The van der Waals surface area contributed by atoms with E-state index in [1.54, 1.807) is 42.5 Å². The molecule has 0 spiro atoms. The van der Waals surface area contributed by atoms with Crippen LogP contribution >= 0.6 is 0 Å². The zero-order chi connectivity index (χ0) is 32.6. The van der Waals surface area contributed by atoms with Crippen LogP contribution in [0.3, 0.4) is 0 Å². The van der Waals surface area contributed by atoms with Gasteiger partial charge in [0.25, 0.3) is 0 Å². The Balaban J connectivity index is 1.32. The lowest BCUT2D eigenvalue weighted by molar-refractivity contribution is -0.199. The van der Waals surface area contributed by atoms with Gasteiger partial charge in [-0.15, -0.1) is 0 Å². The van der Waals surface area contributed by atoms with E-state index in [4.69, 9.17) is 23.5 Å². The zero-order valence-corrected chi connectivity index (χ0v) is 26.3. The number of carbonyl (C=O) groups excluding carboxylic acids is 3. The third-order valence-electron chi connectivity index (χ3n) is 9.78. The maximum Gasteiger partial charge on any atom is 0.482 e. The summed E-state index contributed by atoms with van der Waals surface area (Å²) in [4.78, 5) is 38.2. The number of hydrogen-bond donors (Lipinski definition) is 1. The molecule has 1 amide bonds. The molecule has 9 nitrogen and oxygen atoms in total. The molecule has 1 N–H and O–H groups in total. The number of para-hydroxylation sites is 1. The molecule has 2 aromatic carbocycles. The normalized spacial score (nSPS) is 25.4. The first kappa shape index (κ1) is 32.9. The third-order valence-corrected chi connectivity index (χ3v) is 9.78. The number of alkyl halides is 2. The van der Waals surface area contributed by atoms with Crippen LogP contribution in [0.4, 0.5) is 8.78 Å². The summed E-state index contributed by atoms with van der Waals surface area (Å²) in [6, 6.07) is 13.2. The summed E-state index contributed by atoms with van der Waals surface area (Å²) in [5, 5.41) is 2.87. The van der Waals surface area contributed by atoms with E-state index in [-0.39, 0.29) is 41.6 Å². The summed E-state index contributed by atoms with van der Waals surface area (Å²) in [6.45, 7) is 6.71. The fraction of sp³-hybridized carbons (Fsp3) is 0.545. The van der Waals surface area contributed by atoms with Crippen molar-refractivity contribution in [2.45, 2.75) is 83.4 Å². The number of carbonyl (C=O) groups is 3. The van der Waals surface area contributed by atoms with Crippen LogP contribution in [0, 0.1) is 17.3 Å². The molecule has 0 aromatic heterocycles. The van der Waals surface area contributed by atoms with Gasteiger partial charge in [0.1, 0.15) is 11.3 Å². The average Bonchev–Trinajstić information content (AvgIpc) is 3.36. The van der Waals surface area contributed by atoms with E-state index in [1.165, 1.54) is 13.2 Å². The fourth-order valence-corrected chi connectivity index (χ4v) is 7.15. The Bertz CT molecular complexity index is 1420. The largest absolute Gasteiger partial charge is 0.496 e. The van der Waals surface area contributed by atoms with Gasteiger partial charge in [0.05, 0.1) is 30.3 Å². The number of esters is 2. The Morgan fingerprint density at radius 2 is 1.76 bits per heavy atom. The summed E-state index contributed by atoms with van der Waals surface area (Å²) < 4.78 is 56.1. The molecule has 2 aromatic rings. The topological polar surface area (TPSA) is 109 Å². The predicted molar refractivity (Wildman–Crippen MR) is 161 cm³/mol. The highest BCUT2D eigenvalue weighted by atomic mass is 19.3. The highest BCUT2D eigenvalue weighted by Gasteiger charge is 2.68. The molecule has 3 aliphatic carbocycles. The van der Waals surface area contributed by atoms with Gasteiger partial charge in [-0.25, -0.2) is 18.4 Å². The maximum absolute atomic E-state index is 13.6. The van der Waals surface area contributed by atoms with E-state index < -0.39 is 55.6 Å². The van der Waals surface area contributed by atoms with Gasteiger partial charge >= 0.3 is 19.1 Å². The van der Waals surface area contributed by atoms with Crippen molar-refractivity contribution in [3.63, 3.8) is 0 Å². The van der Waals surface area contributed by atoms with Crippen molar-refractivity contribution in [2.24, 2.45) is 17.3 Å². The molecule has 3 saturated carbocycles. The van der Waals surface area contributed by atoms with Gasteiger partial charge in [-0.3, -0.25) is 4.79 Å². The van der Waals surface area contributed by atoms with Crippen molar-refractivity contribution in [3.8, 4) is 5.75 Å². The van der Waals surface area contributed by atoms with Crippen molar-refractivity contribution in [2.75, 3.05) is 13.9 Å². The predicted octanol–water partition coefficient (Wildman–Crippen LogP) is 5.40. The Labute approximate surface area is 262 Å². The van der Waals surface area contributed by atoms with Gasteiger partial charge in [0, 0.05) is 12.8 Å². The first-order valence-corrected chi connectivity index (χ1v) is 15.3. The van der Waals surface area contributed by atoms with Crippen molar-refractivity contribution in [3.05, 3.63) is 65.2 Å². The van der Waals surface area contributed by atoms with Crippen LogP contribution in [0.15, 0.2) is 48.5 Å². The molecule has 0 radical (unpaired) electrons. The number of rotatable bonds is 12. The smallest absolute Gasteiger partial charge is 0.482 e. The molecule has 12 heteroatoms. The molecule has 4 aliphatic rings. The van der Waals surface area contributed by atoms with Crippen LogP contribution in [0.5, 0.6) is 5.75 Å². The lowest BCUT2D eigenvalue weighted by Crippen LogP contribution is -2.65. The van der Waals surface area contributed by atoms with Crippen molar-refractivity contribution in [1.82, 2.24) is 5.32 Å². The highest BCUT2D eigenvalue weighted by molar-refractivity contribution is 6.48. The van der Waals surface area contributed by atoms with Gasteiger partial charge in [0.15, 0.2) is 0 Å². The van der Waals surface area contributed by atoms with Crippen LogP contribution in [-0.2, 0) is 30.0 Å². The molecular formula is C33H40BF2NO8. The molecule has 1 aliphatic heterocycles. The minimum absolute atomic E-state index is 0.0814. The monoisotopic (exact) mass is 627 g/mol. The fourth-order valence-electron chi connectivity index (χ4n) is 7.15. The summed E-state index contributed by atoms with van der Waals surface area (Å²) in [7, 11) is 0.550. The van der Waals surface area contributed by atoms with Crippen molar-refractivity contribution < 1.29 is 46.7 Å². The molecule has 5 unspecified atom stereocenters. The maximum atomic E-state index is 13.6. The van der Waals surface area contributed by atoms with Gasteiger partial charge in [-0.1, -0.05) is 44.2 Å². The third kappa shape index (κ3) is 6.86. The van der Waals surface area contributed by atoms with Gasteiger partial charge in [0.2, 0.25) is 18.6 Å². The van der Waals surface area contributed by atoms with Crippen molar-refractivity contribution >= 4 is 25.0 Å². The van der Waals surface area contributed by atoms with E-state index in [9.17, 15) is 23.2 Å². The van der Waals surface area contributed by atoms with Gasteiger partial charge < -0.3 is 28.8 Å². The molecule has 1 heterocycles. The minimum atomic E-state index is -2.99. The van der Waals surface area contributed by atoms with Gasteiger partial charge in [-0.2, -0.15) is 0 Å². The van der Waals surface area contributed by atoms with E-state index in [2.05, 4.69) is 26.1 Å². The SMILES string of the molecule is COc1c(CC(NC(=O)CCC(C)(F)F)B2OC3CC4CC(C4(C)C)C3(C)O2)cccc1C(=O)OCOC(=O)c1ccccc1. The number of amides is 1. The lowest BCUT2D eigenvalue weighted by atomic mass is 9.43. The average molecular weight is 627 g/mol. The zero-order valence-electron chi connectivity index (χ0n) is 26.3. The molecule has 6 rings (SSSR count). The second-order valence-corrected chi connectivity index (χ2v) is 13.1. The summed E-state index contributed by atoms with van der Waals surface area (Å²) in [6.07, 6.45) is 0.842. The first-order valence-electron chi connectivity index (χ1n) is 15.3. The summed E-state index contributed by atoms with van der Waals surface area (Å²) in [5.41, 5.74) is 0.473. The second kappa shape index (κ2) is 12.7. The number of benzene rings is 2. The molecular weight excluding hydrogens is 587 g/mol. The molecule has 5 atom stereocenters. The summed E-state index contributed by atoms with van der Waals surface area (Å²) >= 11 is 0. The number of methoxy groups -OCH3 is 1. The molecule has 2 bridgehead atoms. The Hall–Kier alpha value is -3.51. The molecule has 45 heavy (non-hydrogen) atoms. The Morgan fingerprint density at radius 1 is 1.04 bits per heavy atom. The van der Waals surface area contributed by atoms with E-state index in [1.807, 2.05) is 0 Å². The number of nitrogens with one attached hydrogen (secondary N) is 1. The number of hydrogen-bond acceptors (Lipinski definition) is 8. The van der Waals surface area contributed by atoms with Gasteiger partial charge in [-0.05, 0) is 74.1 Å². The Kier molecular flexibility index (Phi) is 9.29. The standard InChI is InChI=1S/C33H40BF2NO8/c1-31(2)22-17-24(31)33(4)25(18-22)44-34(45-33)26(37-27(38)14-15-32(3,35)36)16-21-12-9-13-23(28(21)41-5)30(40)43-19-42-29(39)20-10-7-6-8-11-20/h6-13,22,24-26H,14-19H2,1-5H3,(H,37,38). The van der Waals surface area contributed by atoms with Crippen LogP contribution in [0.25, 0.3) is 0 Å². The van der Waals surface area contributed by atoms with Crippen LogP contribution in [-0.4, -0.2) is 62.4 Å². The highest BCUT2D eigenvalue weighted by Crippen LogP contribution is 2.65. The number of ether oxygens (including phenoxy) is 3. The quantitative estimate of drug-likeness (QED) is 0.190. The minimum Gasteiger partial charge on any atom is -0.496 e. The Morgan fingerprint density at radius 3 is 2.42 bits per heavy atom. The first-order chi connectivity index (χ1) is 21.2. The molecule has 1 saturated heterocycles. The number of halogens is 2. The van der Waals surface area contributed by atoms with E-state index in [0.29, 0.717) is 17.0 Å². The lowest BCUT2D eigenvalue weighted by Gasteiger charge is -2.64. The van der Waals surface area contributed by atoms with Crippen LogP contribution < -0.4 is 10.1 Å². The second-order valence-electron chi connectivity index (χ2n) is 13.1. The van der Waals surface area contributed by atoms with Crippen LogP contribution in [0.1, 0.15) is 79.7 Å². The van der Waals surface area contributed by atoms with E-state index in [0.717, 1.165) is 19.8 Å². The summed E-state index contributed by atoms with van der Waals surface area (Å²) in [5.74, 6) is -4.76. The molecule has 242 valence electrons. The van der Waals surface area contributed by atoms with E-state index >= 15 is 0 Å². The molecule has 4 fully saturated rings.